The summed E-state index contributed by atoms with van der Waals surface area (Å²) in [6.07, 6.45) is 0. The Labute approximate surface area is 121 Å². The van der Waals surface area contributed by atoms with Gasteiger partial charge in [0.25, 0.3) is 0 Å². The number of methoxy groups -OCH3 is 1. The van der Waals surface area contributed by atoms with Crippen molar-refractivity contribution in [2.75, 3.05) is 7.11 Å². The molecule has 2 rings (SSSR count). The summed E-state index contributed by atoms with van der Waals surface area (Å²) in [7, 11) is 1.36. The molecule has 0 radical (unpaired) electrons. The molecule has 1 aromatic carbocycles. The summed E-state index contributed by atoms with van der Waals surface area (Å²) >= 11 is 12.1. The highest BCUT2D eigenvalue weighted by Gasteiger charge is 2.18. The van der Waals surface area contributed by atoms with Gasteiger partial charge in [-0.2, -0.15) is 0 Å². The van der Waals surface area contributed by atoms with E-state index in [1.165, 1.54) is 7.11 Å². The van der Waals surface area contributed by atoms with Crippen LogP contribution in [0.3, 0.4) is 0 Å². The zero-order valence-electron chi connectivity index (χ0n) is 10.8. The van der Waals surface area contributed by atoms with E-state index in [-0.39, 0.29) is 5.97 Å². The van der Waals surface area contributed by atoms with Gasteiger partial charge >= 0.3 is 5.97 Å². The van der Waals surface area contributed by atoms with E-state index in [9.17, 15) is 4.79 Å². The third-order valence-electron chi connectivity index (χ3n) is 2.99. The molecule has 0 saturated heterocycles. The average molecular weight is 298 g/mol. The van der Waals surface area contributed by atoms with Crippen molar-refractivity contribution in [3.8, 4) is 5.69 Å². The first-order valence-corrected chi connectivity index (χ1v) is 6.44. The van der Waals surface area contributed by atoms with Crippen molar-refractivity contribution in [2.45, 2.75) is 13.8 Å². The maximum atomic E-state index is 11.7. The number of carbonyl (C=O) groups is 1. The predicted octanol–water partition coefficient (Wildman–Crippen LogP) is 4.19. The smallest absolute Gasteiger partial charge is 0.339 e. The van der Waals surface area contributed by atoms with Crippen molar-refractivity contribution in [2.24, 2.45) is 0 Å². The number of carbonyl (C=O) groups excluding carboxylic acids is 1. The number of aryl methyl sites for hydroxylation is 1. The molecule has 5 heteroatoms. The standard InChI is InChI=1S/C14H13Cl2NO2/c1-8-6-11(14(18)19-3)9(2)17(8)13-5-4-10(15)7-12(13)16/h4-7H,1-3H3. The van der Waals surface area contributed by atoms with E-state index in [2.05, 4.69) is 0 Å². The van der Waals surface area contributed by atoms with Crippen molar-refractivity contribution in [1.29, 1.82) is 0 Å². The molecule has 0 aliphatic carbocycles. The summed E-state index contributed by atoms with van der Waals surface area (Å²) in [6.45, 7) is 3.76. The SMILES string of the molecule is COC(=O)c1cc(C)n(-c2ccc(Cl)cc2Cl)c1C. The van der Waals surface area contributed by atoms with Gasteiger partial charge in [0.1, 0.15) is 0 Å². The summed E-state index contributed by atoms with van der Waals surface area (Å²) in [5, 5.41) is 1.11. The van der Waals surface area contributed by atoms with E-state index in [1.54, 1.807) is 18.2 Å². The van der Waals surface area contributed by atoms with Gasteiger partial charge in [0.15, 0.2) is 0 Å². The Morgan fingerprint density at radius 2 is 1.89 bits per heavy atom. The second-order valence-corrected chi connectivity index (χ2v) is 5.05. The topological polar surface area (TPSA) is 31.2 Å². The largest absolute Gasteiger partial charge is 0.465 e. The van der Waals surface area contributed by atoms with Gasteiger partial charge in [-0.05, 0) is 38.1 Å². The number of hydrogen-bond acceptors (Lipinski definition) is 2. The van der Waals surface area contributed by atoms with Gasteiger partial charge in [0.2, 0.25) is 0 Å². The highest BCUT2D eigenvalue weighted by Crippen LogP contribution is 2.28. The van der Waals surface area contributed by atoms with Crippen LogP contribution in [0.4, 0.5) is 0 Å². The van der Waals surface area contributed by atoms with E-state index >= 15 is 0 Å². The lowest BCUT2D eigenvalue weighted by molar-refractivity contribution is 0.0600. The Balaban J connectivity index is 2.63. The predicted molar refractivity (Wildman–Crippen MR) is 76.6 cm³/mol. The number of aromatic nitrogens is 1. The molecule has 0 fully saturated rings. The minimum atomic E-state index is -0.357. The third kappa shape index (κ3) is 2.48. The van der Waals surface area contributed by atoms with Gasteiger partial charge in [-0.15, -0.1) is 0 Å². The molecule has 0 N–H and O–H groups in total. The molecule has 2 aromatic rings. The molecule has 0 spiro atoms. The molecule has 1 aromatic heterocycles. The molecule has 0 saturated carbocycles. The molecule has 100 valence electrons. The Morgan fingerprint density at radius 1 is 1.21 bits per heavy atom. The number of ether oxygens (including phenoxy) is 1. The number of benzene rings is 1. The first-order chi connectivity index (χ1) is 8.95. The molecule has 19 heavy (non-hydrogen) atoms. The van der Waals surface area contributed by atoms with Crippen molar-refractivity contribution in [1.82, 2.24) is 4.57 Å². The zero-order valence-corrected chi connectivity index (χ0v) is 12.3. The lowest BCUT2D eigenvalue weighted by Crippen LogP contribution is -2.05. The normalized spacial score (nSPS) is 10.6. The van der Waals surface area contributed by atoms with E-state index in [0.717, 1.165) is 17.1 Å². The zero-order chi connectivity index (χ0) is 14.2. The quantitative estimate of drug-likeness (QED) is 0.778. The second-order valence-electron chi connectivity index (χ2n) is 4.21. The van der Waals surface area contributed by atoms with E-state index in [0.29, 0.717) is 15.6 Å². The molecule has 0 bridgehead atoms. The number of rotatable bonds is 2. The number of nitrogens with zero attached hydrogens (tertiary/aromatic N) is 1. The molecule has 0 aliphatic heterocycles. The van der Waals surface area contributed by atoms with Crippen LogP contribution >= 0.6 is 23.2 Å². The molecule has 0 aliphatic rings. The monoisotopic (exact) mass is 297 g/mol. The fourth-order valence-corrected chi connectivity index (χ4v) is 2.61. The van der Waals surface area contributed by atoms with E-state index in [1.807, 2.05) is 24.5 Å². The number of esters is 1. The van der Waals surface area contributed by atoms with Gasteiger partial charge < -0.3 is 9.30 Å². The van der Waals surface area contributed by atoms with Gasteiger partial charge in [-0.25, -0.2) is 4.79 Å². The summed E-state index contributed by atoms with van der Waals surface area (Å²) in [5.41, 5.74) is 3.01. The van der Waals surface area contributed by atoms with Crippen molar-refractivity contribution in [3.63, 3.8) is 0 Å². The summed E-state index contributed by atoms with van der Waals surface area (Å²) in [6, 6.07) is 7.05. The summed E-state index contributed by atoms with van der Waals surface area (Å²) in [5.74, 6) is -0.357. The van der Waals surface area contributed by atoms with Gasteiger partial charge in [0.05, 0.1) is 23.4 Å². The van der Waals surface area contributed by atoms with Crippen LogP contribution in [0.15, 0.2) is 24.3 Å². The maximum absolute atomic E-state index is 11.7. The van der Waals surface area contributed by atoms with Crippen LogP contribution in [0.5, 0.6) is 0 Å². The van der Waals surface area contributed by atoms with Crippen molar-refractivity contribution < 1.29 is 9.53 Å². The fraction of sp³-hybridized carbons (Fsp3) is 0.214. The van der Waals surface area contributed by atoms with Crippen LogP contribution in [0.1, 0.15) is 21.7 Å². The second kappa shape index (κ2) is 5.27. The third-order valence-corrected chi connectivity index (χ3v) is 3.52. The van der Waals surface area contributed by atoms with Gasteiger partial charge in [-0.1, -0.05) is 23.2 Å². The number of halogens is 2. The van der Waals surface area contributed by atoms with Gasteiger partial charge in [-0.3, -0.25) is 0 Å². The lowest BCUT2D eigenvalue weighted by atomic mass is 10.2. The van der Waals surface area contributed by atoms with Crippen molar-refractivity contribution in [3.05, 3.63) is 51.3 Å². The highest BCUT2D eigenvalue weighted by atomic mass is 35.5. The minimum absolute atomic E-state index is 0.357. The Bertz CT molecular complexity index is 647. The average Bonchev–Trinajstić information content (AvgIpc) is 2.65. The van der Waals surface area contributed by atoms with E-state index in [4.69, 9.17) is 27.9 Å². The lowest BCUT2D eigenvalue weighted by Gasteiger charge is -2.12. The summed E-state index contributed by atoms with van der Waals surface area (Å²) < 4.78 is 6.67. The Hall–Kier alpha value is -1.45. The maximum Gasteiger partial charge on any atom is 0.339 e. The Kier molecular flexibility index (Phi) is 3.88. The van der Waals surface area contributed by atoms with Crippen LogP contribution in [-0.2, 0) is 4.74 Å². The first kappa shape index (κ1) is 14.0. The molecule has 1 heterocycles. The molecule has 0 unspecified atom stereocenters. The van der Waals surface area contributed by atoms with Crippen molar-refractivity contribution >= 4 is 29.2 Å². The molecule has 0 atom stereocenters. The first-order valence-electron chi connectivity index (χ1n) is 5.68. The van der Waals surface area contributed by atoms with Crippen LogP contribution in [0.2, 0.25) is 10.0 Å². The number of hydrogen-bond donors (Lipinski definition) is 0. The van der Waals surface area contributed by atoms with Gasteiger partial charge in [0, 0.05) is 16.4 Å². The Morgan fingerprint density at radius 3 is 2.47 bits per heavy atom. The fourth-order valence-electron chi connectivity index (χ4n) is 2.11. The molecule has 0 amide bonds. The molecular formula is C14H13Cl2NO2. The van der Waals surface area contributed by atoms with E-state index < -0.39 is 0 Å². The van der Waals surface area contributed by atoms with Crippen LogP contribution in [-0.4, -0.2) is 17.6 Å². The minimum Gasteiger partial charge on any atom is -0.465 e. The molecular weight excluding hydrogens is 285 g/mol. The highest BCUT2D eigenvalue weighted by molar-refractivity contribution is 6.35. The van der Waals surface area contributed by atoms with Crippen LogP contribution in [0.25, 0.3) is 5.69 Å². The van der Waals surface area contributed by atoms with Crippen LogP contribution < -0.4 is 0 Å². The van der Waals surface area contributed by atoms with Crippen LogP contribution in [0, 0.1) is 13.8 Å². The summed E-state index contributed by atoms with van der Waals surface area (Å²) in [4.78, 5) is 11.7. The molecule has 3 nitrogen and oxygen atoms in total.